The van der Waals surface area contributed by atoms with E-state index in [0.717, 1.165) is 17.2 Å². The number of carbonyl (C=O) groups excluding carboxylic acids is 1. The number of amides is 2. The number of carbonyl (C=O) groups is 1. The number of fused-ring (bicyclic) bond motifs is 2. The number of nitrogens with zero attached hydrogens (tertiary/aromatic N) is 1. The van der Waals surface area contributed by atoms with Crippen LogP contribution < -0.4 is 25.7 Å². The predicted octanol–water partition coefficient (Wildman–Crippen LogP) is 4.79. The highest BCUT2D eigenvalue weighted by atomic mass is 35.5. The second kappa shape index (κ2) is 10.7. The van der Waals surface area contributed by atoms with Crippen molar-refractivity contribution in [2.45, 2.75) is 19.0 Å². The lowest BCUT2D eigenvalue weighted by atomic mass is 10.1. The summed E-state index contributed by atoms with van der Waals surface area (Å²) in [5.74, 6) is 1.65. The van der Waals surface area contributed by atoms with Crippen molar-refractivity contribution >= 4 is 28.5 Å². The number of rotatable bonds is 7. The maximum Gasteiger partial charge on any atom is 0.315 e. The fourth-order valence-corrected chi connectivity index (χ4v) is 4.87. The van der Waals surface area contributed by atoms with Gasteiger partial charge in [-0.05, 0) is 41.8 Å². The quantitative estimate of drug-likeness (QED) is 0.195. The van der Waals surface area contributed by atoms with Crippen LogP contribution in [0.4, 0.5) is 4.79 Å². The van der Waals surface area contributed by atoms with Crippen LogP contribution in [0.15, 0.2) is 77.6 Å². The van der Waals surface area contributed by atoms with Gasteiger partial charge in [-0.25, -0.2) is 9.78 Å². The van der Waals surface area contributed by atoms with E-state index in [9.17, 15) is 14.7 Å². The number of hydrogen-bond donors (Lipinski definition) is 5. The predicted molar refractivity (Wildman–Crippen MR) is 150 cm³/mol. The monoisotopic (exact) mass is 557 g/mol. The molecule has 0 bridgehead atoms. The zero-order valence-electron chi connectivity index (χ0n) is 21.0. The van der Waals surface area contributed by atoms with Crippen molar-refractivity contribution < 1.29 is 19.4 Å². The maximum absolute atomic E-state index is 13.0. The number of H-pyrrole nitrogens is 2. The van der Waals surface area contributed by atoms with Crippen LogP contribution in [0, 0.1) is 0 Å². The Morgan fingerprint density at radius 2 is 1.82 bits per heavy atom. The Kier molecular flexibility index (Phi) is 6.75. The Bertz CT molecular complexity index is 1770. The summed E-state index contributed by atoms with van der Waals surface area (Å²) in [6.45, 7) is 0.467. The largest absolute Gasteiger partial charge is 0.507 e. The van der Waals surface area contributed by atoms with Crippen LogP contribution in [0.3, 0.4) is 0 Å². The van der Waals surface area contributed by atoms with Crippen LogP contribution in [0.1, 0.15) is 23.0 Å². The van der Waals surface area contributed by atoms with Gasteiger partial charge >= 0.3 is 6.03 Å². The third-order valence-corrected chi connectivity index (χ3v) is 6.85. The molecule has 40 heavy (non-hydrogen) atoms. The lowest BCUT2D eigenvalue weighted by Crippen LogP contribution is -2.38. The van der Waals surface area contributed by atoms with Gasteiger partial charge in [-0.1, -0.05) is 54.1 Å². The standard InChI is InChI=1S/C29H24ClN5O5/c30-27-26(18-7-8-20-19(12-18)22(36)13-25(37)32-20)34-28(35-27)21(10-16-4-2-1-3-5-16)33-29(38)31-14-17-6-9-23-24(11-17)40-15-39-23/h1-9,11-13,21H,10,14-15H2,(H,34,35)(H2,31,33,38)(H2,32,36,37). The normalized spacial score (nSPS) is 12.8. The van der Waals surface area contributed by atoms with Gasteiger partial charge < -0.3 is 35.2 Å². The van der Waals surface area contributed by atoms with Crippen LogP contribution in [-0.2, 0) is 13.0 Å². The number of aromatic hydroxyl groups is 1. The second-order valence-corrected chi connectivity index (χ2v) is 9.70. The van der Waals surface area contributed by atoms with E-state index in [1.54, 1.807) is 18.2 Å². The number of pyridine rings is 1. The summed E-state index contributed by atoms with van der Waals surface area (Å²) >= 11 is 6.58. The first-order valence-corrected chi connectivity index (χ1v) is 12.9. The molecule has 0 radical (unpaired) electrons. The molecule has 3 heterocycles. The minimum atomic E-state index is -0.532. The summed E-state index contributed by atoms with van der Waals surface area (Å²) in [7, 11) is 0. The molecule has 0 aliphatic carbocycles. The second-order valence-electron chi connectivity index (χ2n) is 9.32. The van der Waals surface area contributed by atoms with Gasteiger partial charge in [-0.2, -0.15) is 0 Å². The van der Waals surface area contributed by atoms with Crippen molar-refractivity contribution in [2.24, 2.45) is 0 Å². The average Bonchev–Trinajstić information content (AvgIpc) is 3.58. The zero-order valence-corrected chi connectivity index (χ0v) is 21.8. The van der Waals surface area contributed by atoms with Gasteiger partial charge in [0.15, 0.2) is 11.5 Å². The van der Waals surface area contributed by atoms with Crippen LogP contribution in [0.5, 0.6) is 17.2 Å². The van der Waals surface area contributed by atoms with E-state index in [2.05, 4.69) is 20.6 Å². The minimum absolute atomic E-state index is 0.143. The average molecular weight is 558 g/mol. The number of hydrogen-bond acceptors (Lipinski definition) is 6. The molecule has 2 amide bonds. The Hall–Kier alpha value is -4.96. The number of halogens is 1. The highest BCUT2D eigenvalue weighted by Gasteiger charge is 2.22. The molecule has 1 atom stereocenters. The first-order chi connectivity index (χ1) is 19.4. The number of aromatic nitrogens is 3. The number of urea groups is 1. The summed E-state index contributed by atoms with van der Waals surface area (Å²) in [5, 5.41) is 16.9. The zero-order chi connectivity index (χ0) is 27.6. The van der Waals surface area contributed by atoms with E-state index in [1.165, 1.54) is 0 Å². The molecule has 0 spiro atoms. The van der Waals surface area contributed by atoms with Gasteiger partial charge in [0.1, 0.15) is 22.4 Å². The van der Waals surface area contributed by atoms with E-state index >= 15 is 0 Å². The van der Waals surface area contributed by atoms with Gasteiger partial charge in [0, 0.05) is 23.6 Å². The molecule has 0 saturated carbocycles. The number of aromatic amines is 2. The number of benzene rings is 3. The van der Waals surface area contributed by atoms with Gasteiger partial charge in [0.25, 0.3) is 5.56 Å². The molecule has 5 aromatic rings. The fourth-order valence-electron chi connectivity index (χ4n) is 4.62. The van der Waals surface area contributed by atoms with Gasteiger partial charge in [-0.15, -0.1) is 0 Å². The summed E-state index contributed by atoms with van der Waals surface area (Å²) in [4.78, 5) is 35.2. The highest BCUT2D eigenvalue weighted by molar-refractivity contribution is 6.32. The SMILES string of the molecule is O=C(NCc1ccc2c(c1)OCO2)NC(Cc1ccccc1)c1nc(-c2ccc3[nH]c(=O)cc(O)c3c2)c(Cl)[nH]1. The molecule has 10 nitrogen and oxygen atoms in total. The molecule has 5 N–H and O–H groups in total. The molecule has 0 saturated heterocycles. The molecular formula is C29H24ClN5O5. The molecule has 3 aromatic carbocycles. The van der Waals surface area contributed by atoms with Crippen molar-refractivity contribution in [1.82, 2.24) is 25.6 Å². The van der Waals surface area contributed by atoms with Gasteiger partial charge in [-0.3, -0.25) is 4.79 Å². The number of nitrogens with one attached hydrogen (secondary N) is 4. The molecule has 1 aliphatic rings. The smallest absolute Gasteiger partial charge is 0.315 e. The third kappa shape index (κ3) is 5.29. The summed E-state index contributed by atoms with van der Waals surface area (Å²) in [6.07, 6.45) is 0.460. The van der Waals surface area contributed by atoms with E-state index in [0.29, 0.717) is 45.9 Å². The van der Waals surface area contributed by atoms with Crippen LogP contribution in [0.25, 0.3) is 22.2 Å². The van der Waals surface area contributed by atoms with Crippen molar-refractivity contribution in [1.29, 1.82) is 0 Å². The fraction of sp³-hybridized carbons (Fsp3) is 0.138. The molecule has 11 heteroatoms. The van der Waals surface area contributed by atoms with Crippen molar-refractivity contribution in [3.8, 4) is 28.5 Å². The lowest BCUT2D eigenvalue weighted by Gasteiger charge is -2.18. The lowest BCUT2D eigenvalue weighted by molar-refractivity contribution is 0.174. The van der Waals surface area contributed by atoms with E-state index in [1.807, 2.05) is 48.5 Å². The van der Waals surface area contributed by atoms with Gasteiger partial charge in [0.05, 0.1) is 11.6 Å². The molecule has 1 unspecified atom stereocenters. The Labute approximate surface area is 232 Å². The number of imidazole rings is 1. The molecule has 6 rings (SSSR count). The van der Waals surface area contributed by atoms with E-state index < -0.39 is 11.6 Å². The number of ether oxygens (including phenoxy) is 2. The molecule has 2 aromatic heterocycles. The molecular weight excluding hydrogens is 534 g/mol. The Morgan fingerprint density at radius 1 is 1.00 bits per heavy atom. The van der Waals surface area contributed by atoms with Crippen molar-refractivity contribution in [3.63, 3.8) is 0 Å². The van der Waals surface area contributed by atoms with E-state index in [-0.39, 0.29) is 30.3 Å². The third-order valence-electron chi connectivity index (χ3n) is 6.58. The molecule has 1 aliphatic heterocycles. The first-order valence-electron chi connectivity index (χ1n) is 12.5. The first kappa shape index (κ1) is 25.3. The van der Waals surface area contributed by atoms with Crippen molar-refractivity contribution in [2.75, 3.05) is 6.79 Å². The highest BCUT2D eigenvalue weighted by Crippen LogP contribution is 2.33. The Balaban J connectivity index is 1.25. The summed E-state index contributed by atoms with van der Waals surface area (Å²) < 4.78 is 10.8. The van der Waals surface area contributed by atoms with E-state index in [4.69, 9.17) is 26.1 Å². The van der Waals surface area contributed by atoms with Crippen LogP contribution in [0.2, 0.25) is 5.15 Å². The van der Waals surface area contributed by atoms with Crippen molar-refractivity contribution in [3.05, 3.63) is 105 Å². The maximum atomic E-state index is 13.0. The molecule has 0 fully saturated rings. The summed E-state index contributed by atoms with van der Waals surface area (Å²) in [6, 6.07) is 20.6. The van der Waals surface area contributed by atoms with Crippen LogP contribution >= 0.6 is 11.6 Å². The van der Waals surface area contributed by atoms with Crippen LogP contribution in [-0.4, -0.2) is 32.9 Å². The van der Waals surface area contributed by atoms with Gasteiger partial charge in [0.2, 0.25) is 6.79 Å². The minimum Gasteiger partial charge on any atom is -0.507 e. The Morgan fingerprint density at radius 3 is 2.67 bits per heavy atom. The topological polar surface area (TPSA) is 141 Å². The summed E-state index contributed by atoms with van der Waals surface area (Å²) in [5.41, 5.74) is 3.03. The molecule has 202 valence electrons.